The van der Waals surface area contributed by atoms with Crippen LogP contribution in [0.3, 0.4) is 0 Å². The topological polar surface area (TPSA) is 84.1 Å². The van der Waals surface area contributed by atoms with Crippen LogP contribution in [0, 0.1) is 0 Å². The van der Waals surface area contributed by atoms with Gasteiger partial charge in [0, 0.05) is 60.1 Å². The maximum atomic E-state index is 12.5. The van der Waals surface area contributed by atoms with E-state index in [0.717, 1.165) is 27.7 Å². The van der Waals surface area contributed by atoms with Gasteiger partial charge in [-0.3, -0.25) is 9.48 Å². The first kappa shape index (κ1) is 23.2. The van der Waals surface area contributed by atoms with Gasteiger partial charge in [0.25, 0.3) is 5.56 Å². The smallest absolute Gasteiger partial charge is 0.399 e. The predicted molar refractivity (Wildman–Crippen MR) is 135 cm³/mol. The van der Waals surface area contributed by atoms with E-state index in [1.807, 2.05) is 77.5 Å². The molecule has 9 heteroatoms. The fraction of sp³-hybridized carbons (Fsp3) is 0.308. The highest BCUT2D eigenvalue weighted by Gasteiger charge is 2.51. The van der Waals surface area contributed by atoms with Gasteiger partial charge in [-0.2, -0.15) is 5.10 Å². The molecule has 1 saturated heterocycles. The average molecular weight is 469 g/mol. The number of pyridine rings is 1. The Bertz CT molecular complexity index is 1410. The minimum absolute atomic E-state index is 0.0638. The van der Waals surface area contributed by atoms with Gasteiger partial charge >= 0.3 is 7.12 Å². The van der Waals surface area contributed by atoms with Crippen molar-refractivity contribution in [3.05, 3.63) is 83.3 Å². The number of rotatable bonds is 5. The molecule has 0 saturated carbocycles. The molecule has 0 N–H and O–H groups in total. The average Bonchev–Trinajstić information content (AvgIpc) is 3.35. The Kier molecular flexibility index (Phi) is 5.69. The zero-order valence-corrected chi connectivity index (χ0v) is 20.6. The van der Waals surface area contributed by atoms with Gasteiger partial charge in [0.1, 0.15) is 0 Å². The van der Waals surface area contributed by atoms with Gasteiger partial charge in [-0.05, 0) is 45.4 Å². The van der Waals surface area contributed by atoms with Gasteiger partial charge in [0.15, 0.2) is 5.82 Å². The van der Waals surface area contributed by atoms with Gasteiger partial charge in [0.05, 0.1) is 23.9 Å². The first-order valence-corrected chi connectivity index (χ1v) is 11.6. The Morgan fingerprint density at radius 3 is 2.26 bits per heavy atom. The zero-order chi connectivity index (χ0) is 24.8. The lowest BCUT2D eigenvalue weighted by Crippen LogP contribution is -2.41. The van der Waals surface area contributed by atoms with E-state index in [9.17, 15) is 4.79 Å². The minimum atomic E-state index is -0.501. The molecule has 1 fully saturated rings. The molecule has 1 aliphatic rings. The third-order valence-corrected chi connectivity index (χ3v) is 6.76. The number of aryl methyl sites for hydroxylation is 1. The first-order chi connectivity index (χ1) is 16.6. The Morgan fingerprint density at radius 2 is 1.60 bits per heavy atom. The SMILES string of the molecule is Cn1cc(-c2ccc(=O)n(Cc3cccc(-c4ncc(B5OC(C)(C)C(C)(C)O5)cn4)c3)c2)cn1. The van der Waals surface area contributed by atoms with Crippen LogP contribution in [0.25, 0.3) is 22.5 Å². The van der Waals surface area contributed by atoms with Crippen LogP contribution < -0.4 is 11.0 Å². The highest BCUT2D eigenvalue weighted by molar-refractivity contribution is 6.61. The van der Waals surface area contributed by atoms with Crippen molar-refractivity contribution in [1.82, 2.24) is 24.3 Å². The second kappa shape index (κ2) is 8.59. The first-order valence-electron chi connectivity index (χ1n) is 11.6. The quantitative estimate of drug-likeness (QED) is 0.418. The monoisotopic (exact) mass is 469 g/mol. The Balaban J connectivity index is 1.36. The molecule has 0 unspecified atom stereocenters. The molecule has 35 heavy (non-hydrogen) atoms. The van der Waals surface area contributed by atoms with Crippen molar-refractivity contribution in [3.8, 4) is 22.5 Å². The van der Waals surface area contributed by atoms with Crippen LogP contribution in [-0.4, -0.2) is 42.6 Å². The maximum absolute atomic E-state index is 12.5. The van der Waals surface area contributed by atoms with E-state index in [1.54, 1.807) is 33.9 Å². The third kappa shape index (κ3) is 4.57. The van der Waals surface area contributed by atoms with Crippen LogP contribution in [0.4, 0.5) is 0 Å². The van der Waals surface area contributed by atoms with Gasteiger partial charge in [0.2, 0.25) is 0 Å². The summed E-state index contributed by atoms with van der Waals surface area (Å²) < 4.78 is 15.6. The summed E-state index contributed by atoms with van der Waals surface area (Å²) in [5.74, 6) is 0.601. The van der Waals surface area contributed by atoms with Crippen molar-refractivity contribution in [2.24, 2.45) is 7.05 Å². The molecule has 0 radical (unpaired) electrons. The Labute approximate surface area is 204 Å². The number of hydrogen-bond acceptors (Lipinski definition) is 6. The third-order valence-electron chi connectivity index (χ3n) is 6.76. The summed E-state index contributed by atoms with van der Waals surface area (Å²) in [6, 6.07) is 11.3. The molecular formula is C26H28BN5O3. The zero-order valence-electron chi connectivity index (χ0n) is 20.6. The van der Waals surface area contributed by atoms with Crippen molar-refractivity contribution in [1.29, 1.82) is 0 Å². The Morgan fingerprint density at radius 1 is 0.886 bits per heavy atom. The largest absolute Gasteiger partial charge is 0.498 e. The van der Waals surface area contributed by atoms with Crippen molar-refractivity contribution in [2.45, 2.75) is 45.4 Å². The fourth-order valence-corrected chi connectivity index (χ4v) is 3.99. The molecule has 4 aromatic rings. The second-order valence-corrected chi connectivity index (χ2v) is 9.92. The molecule has 178 valence electrons. The summed E-state index contributed by atoms with van der Waals surface area (Å²) in [4.78, 5) is 21.6. The lowest BCUT2D eigenvalue weighted by Gasteiger charge is -2.32. The fourth-order valence-electron chi connectivity index (χ4n) is 3.99. The van der Waals surface area contributed by atoms with Gasteiger partial charge < -0.3 is 13.9 Å². The van der Waals surface area contributed by atoms with Crippen LogP contribution in [0.15, 0.2) is 72.2 Å². The minimum Gasteiger partial charge on any atom is -0.399 e. The molecule has 0 spiro atoms. The molecule has 0 bridgehead atoms. The van der Waals surface area contributed by atoms with E-state index >= 15 is 0 Å². The van der Waals surface area contributed by atoms with Crippen molar-refractivity contribution < 1.29 is 9.31 Å². The number of nitrogens with zero attached hydrogens (tertiary/aromatic N) is 5. The van der Waals surface area contributed by atoms with E-state index in [1.165, 1.54) is 0 Å². The van der Waals surface area contributed by atoms with E-state index in [4.69, 9.17) is 9.31 Å². The van der Waals surface area contributed by atoms with Gasteiger partial charge in [-0.1, -0.05) is 18.2 Å². The predicted octanol–water partition coefficient (Wildman–Crippen LogP) is 3.05. The van der Waals surface area contributed by atoms with E-state index in [-0.39, 0.29) is 5.56 Å². The number of hydrogen-bond donors (Lipinski definition) is 0. The normalized spacial score (nSPS) is 16.5. The summed E-state index contributed by atoms with van der Waals surface area (Å²) in [5, 5.41) is 4.22. The van der Waals surface area contributed by atoms with Crippen LogP contribution in [-0.2, 0) is 22.9 Å². The summed E-state index contributed by atoms with van der Waals surface area (Å²) >= 11 is 0. The van der Waals surface area contributed by atoms with E-state index < -0.39 is 18.3 Å². The van der Waals surface area contributed by atoms with Crippen LogP contribution in [0.1, 0.15) is 33.3 Å². The van der Waals surface area contributed by atoms with E-state index in [2.05, 4.69) is 15.1 Å². The lowest BCUT2D eigenvalue weighted by molar-refractivity contribution is 0.00578. The van der Waals surface area contributed by atoms with Crippen molar-refractivity contribution in [2.75, 3.05) is 0 Å². The molecular weight excluding hydrogens is 441 g/mol. The second-order valence-electron chi connectivity index (χ2n) is 9.92. The highest BCUT2D eigenvalue weighted by Crippen LogP contribution is 2.36. The van der Waals surface area contributed by atoms with E-state index in [0.29, 0.717) is 12.4 Å². The number of aromatic nitrogens is 5. The van der Waals surface area contributed by atoms with Crippen LogP contribution >= 0.6 is 0 Å². The Hall–Kier alpha value is -3.56. The summed E-state index contributed by atoms with van der Waals surface area (Å²) in [5.41, 5.74) is 3.63. The number of benzene rings is 1. The summed E-state index contributed by atoms with van der Waals surface area (Å²) in [7, 11) is 1.37. The van der Waals surface area contributed by atoms with Gasteiger partial charge in [-0.25, -0.2) is 9.97 Å². The maximum Gasteiger partial charge on any atom is 0.498 e. The molecule has 1 aromatic carbocycles. The summed E-state index contributed by atoms with van der Waals surface area (Å²) in [6.07, 6.45) is 9.07. The lowest BCUT2D eigenvalue weighted by atomic mass is 9.81. The molecule has 0 amide bonds. The van der Waals surface area contributed by atoms with Crippen LogP contribution in [0.5, 0.6) is 0 Å². The molecule has 4 heterocycles. The highest BCUT2D eigenvalue weighted by atomic mass is 16.7. The standard InChI is InChI=1S/C26H28BN5O3/c1-25(2)26(3,4)35-27(34-25)22-13-28-24(29-14-22)19-8-6-7-18(11-19)15-32-17-20(9-10-23(32)33)21-12-30-31(5)16-21/h6-14,16-17H,15H2,1-5H3. The molecule has 0 atom stereocenters. The molecule has 1 aliphatic heterocycles. The van der Waals surface area contributed by atoms with Crippen LogP contribution in [0.2, 0.25) is 0 Å². The summed E-state index contributed by atoms with van der Waals surface area (Å²) in [6.45, 7) is 8.51. The molecule has 5 rings (SSSR count). The molecule has 8 nitrogen and oxygen atoms in total. The molecule has 3 aromatic heterocycles. The van der Waals surface area contributed by atoms with Crippen molar-refractivity contribution in [3.63, 3.8) is 0 Å². The molecule has 0 aliphatic carbocycles. The van der Waals surface area contributed by atoms with Crippen molar-refractivity contribution >= 4 is 12.6 Å². The van der Waals surface area contributed by atoms with Gasteiger partial charge in [-0.15, -0.1) is 0 Å².